The first-order chi connectivity index (χ1) is 5.24. The first-order valence-electron chi connectivity index (χ1n) is 3.45. The van der Waals surface area contributed by atoms with Gasteiger partial charge in [-0.3, -0.25) is 0 Å². The molecule has 0 fully saturated rings. The van der Waals surface area contributed by atoms with Crippen LogP contribution in [0.3, 0.4) is 0 Å². The Bertz CT molecular complexity index is 242. The standard InChI is InChI=1S/C8H11BrN2.ClH/c9-7-3-1-2-6(4-7)8(11)5-10;/h1-4,8H,5,10-11H2;1H. The van der Waals surface area contributed by atoms with Gasteiger partial charge in [0.25, 0.3) is 0 Å². The fourth-order valence-electron chi connectivity index (χ4n) is 0.873. The van der Waals surface area contributed by atoms with E-state index < -0.39 is 0 Å². The number of halogens is 2. The second kappa shape index (κ2) is 5.54. The molecule has 2 nitrogen and oxygen atoms in total. The molecule has 0 aromatic heterocycles. The lowest BCUT2D eigenvalue weighted by molar-refractivity contribution is 0.736. The third-order valence-electron chi connectivity index (χ3n) is 1.53. The van der Waals surface area contributed by atoms with Gasteiger partial charge in [-0.1, -0.05) is 28.1 Å². The molecule has 1 unspecified atom stereocenters. The Kier molecular flexibility index (Phi) is 5.50. The normalized spacial score (nSPS) is 11.9. The lowest BCUT2D eigenvalue weighted by Crippen LogP contribution is -2.20. The number of benzene rings is 1. The predicted molar refractivity (Wildman–Crippen MR) is 57.4 cm³/mol. The van der Waals surface area contributed by atoms with Crippen LogP contribution < -0.4 is 11.5 Å². The Morgan fingerprint density at radius 1 is 1.42 bits per heavy atom. The summed E-state index contributed by atoms with van der Waals surface area (Å²) in [7, 11) is 0. The Morgan fingerprint density at radius 2 is 2.08 bits per heavy atom. The summed E-state index contributed by atoms with van der Waals surface area (Å²) in [6.07, 6.45) is 0. The highest BCUT2D eigenvalue weighted by molar-refractivity contribution is 9.10. The molecule has 1 aromatic carbocycles. The minimum atomic E-state index is -0.0486. The second-order valence-corrected chi connectivity index (χ2v) is 3.31. The van der Waals surface area contributed by atoms with Crippen molar-refractivity contribution in [3.63, 3.8) is 0 Å². The molecular formula is C8H12BrClN2. The summed E-state index contributed by atoms with van der Waals surface area (Å²) in [6, 6.07) is 7.83. The number of nitrogens with two attached hydrogens (primary N) is 2. The first-order valence-corrected chi connectivity index (χ1v) is 4.24. The van der Waals surface area contributed by atoms with E-state index in [0.717, 1.165) is 10.0 Å². The molecule has 1 aromatic rings. The monoisotopic (exact) mass is 250 g/mol. The minimum absolute atomic E-state index is 0. The van der Waals surface area contributed by atoms with Gasteiger partial charge in [0.2, 0.25) is 0 Å². The van der Waals surface area contributed by atoms with Gasteiger partial charge in [0.1, 0.15) is 0 Å². The SMILES string of the molecule is Cl.NCC(N)c1cccc(Br)c1. The van der Waals surface area contributed by atoms with Crippen molar-refractivity contribution < 1.29 is 0 Å². The van der Waals surface area contributed by atoms with Crippen molar-refractivity contribution >= 4 is 28.3 Å². The van der Waals surface area contributed by atoms with Crippen LogP contribution in [-0.4, -0.2) is 6.54 Å². The van der Waals surface area contributed by atoms with E-state index in [0.29, 0.717) is 6.54 Å². The van der Waals surface area contributed by atoms with Crippen LogP contribution in [0.4, 0.5) is 0 Å². The molecule has 0 aliphatic heterocycles. The molecule has 0 amide bonds. The highest BCUT2D eigenvalue weighted by Crippen LogP contribution is 2.15. The molecule has 0 bridgehead atoms. The molecule has 0 saturated carbocycles. The van der Waals surface area contributed by atoms with Crippen LogP contribution in [0.1, 0.15) is 11.6 Å². The van der Waals surface area contributed by atoms with E-state index in [-0.39, 0.29) is 18.4 Å². The number of hydrogen-bond acceptors (Lipinski definition) is 2. The molecular weight excluding hydrogens is 239 g/mol. The molecule has 0 saturated heterocycles. The lowest BCUT2D eigenvalue weighted by atomic mass is 10.1. The fourth-order valence-corrected chi connectivity index (χ4v) is 1.29. The summed E-state index contributed by atoms with van der Waals surface area (Å²) in [4.78, 5) is 0. The molecule has 1 atom stereocenters. The van der Waals surface area contributed by atoms with E-state index in [1.807, 2.05) is 24.3 Å². The minimum Gasteiger partial charge on any atom is -0.329 e. The van der Waals surface area contributed by atoms with Gasteiger partial charge in [-0.2, -0.15) is 0 Å². The quantitative estimate of drug-likeness (QED) is 0.842. The zero-order valence-electron chi connectivity index (χ0n) is 6.53. The average Bonchev–Trinajstić information content (AvgIpc) is 2.03. The summed E-state index contributed by atoms with van der Waals surface area (Å²) in [5.41, 5.74) is 12.2. The van der Waals surface area contributed by atoms with E-state index in [1.54, 1.807) is 0 Å². The average molecular weight is 252 g/mol. The zero-order chi connectivity index (χ0) is 8.27. The van der Waals surface area contributed by atoms with Crippen LogP contribution >= 0.6 is 28.3 Å². The predicted octanol–water partition coefficient (Wildman–Crippen LogP) is 1.83. The molecule has 0 aliphatic carbocycles. The molecule has 0 aliphatic rings. The maximum absolute atomic E-state index is 5.72. The van der Waals surface area contributed by atoms with Crippen LogP contribution in [0.2, 0.25) is 0 Å². The van der Waals surface area contributed by atoms with Gasteiger partial charge in [0, 0.05) is 17.1 Å². The van der Waals surface area contributed by atoms with E-state index >= 15 is 0 Å². The van der Waals surface area contributed by atoms with Crippen molar-refractivity contribution in [2.45, 2.75) is 6.04 Å². The van der Waals surface area contributed by atoms with Crippen LogP contribution in [0.5, 0.6) is 0 Å². The first kappa shape index (κ1) is 11.9. The van der Waals surface area contributed by atoms with Gasteiger partial charge >= 0.3 is 0 Å². The van der Waals surface area contributed by atoms with Crippen molar-refractivity contribution in [3.05, 3.63) is 34.3 Å². The Labute approximate surface area is 86.9 Å². The van der Waals surface area contributed by atoms with Crippen molar-refractivity contribution in [3.8, 4) is 0 Å². The highest BCUT2D eigenvalue weighted by Gasteiger charge is 2.01. The van der Waals surface area contributed by atoms with Crippen LogP contribution in [-0.2, 0) is 0 Å². The Hall–Kier alpha value is -0.0900. The number of rotatable bonds is 2. The van der Waals surface area contributed by atoms with E-state index in [9.17, 15) is 0 Å². The van der Waals surface area contributed by atoms with E-state index in [4.69, 9.17) is 11.5 Å². The van der Waals surface area contributed by atoms with Crippen LogP contribution in [0.25, 0.3) is 0 Å². The molecule has 0 radical (unpaired) electrons. The summed E-state index contributed by atoms with van der Waals surface area (Å²) in [5.74, 6) is 0. The maximum atomic E-state index is 5.72. The topological polar surface area (TPSA) is 52.0 Å². The second-order valence-electron chi connectivity index (χ2n) is 2.40. The van der Waals surface area contributed by atoms with Gasteiger partial charge in [0.05, 0.1) is 0 Å². The summed E-state index contributed by atoms with van der Waals surface area (Å²) in [6.45, 7) is 0.483. The van der Waals surface area contributed by atoms with Crippen LogP contribution in [0, 0.1) is 0 Å². The van der Waals surface area contributed by atoms with Gasteiger partial charge < -0.3 is 11.5 Å². The molecule has 4 N–H and O–H groups in total. The summed E-state index contributed by atoms with van der Waals surface area (Å²) < 4.78 is 1.04. The van der Waals surface area contributed by atoms with Crippen molar-refractivity contribution in [2.24, 2.45) is 11.5 Å². The third-order valence-corrected chi connectivity index (χ3v) is 2.02. The summed E-state index contributed by atoms with van der Waals surface area (Å²) >= 11 is 3.36. The van der Waals surface area contributed by atoms with Crippen LogP contribution in [0.15, 0.2) is 28.7 Å². The molecule has 1 rings (SSSR count). The van der Waals surface area contributed by atoms with E-state index in [2.05, 4.69) is 15.9 Å². The molecule has 68 valence electrons. The highest BCUT2D eigenvalue weighted by atomic mass is 79.9. The van der Waals surface area contributed by atoms with Crippen molar-refractivity contribution in [2.75, 3.05) is 6.54 Å². The molecule has 12 heavy (non-hydrogen) atoms. The number of hydrogen-bond donors (Lipinski definition) is 2. The summed E-state index contributed by atoms with van der Waals surface area (Å²) in [5, 5.41) is 0. The largest absolute Gasteiger partial charge is 0.329 e. The maximum Gasteiger partial charge on any atom is 0.0419 e. The molecule has 4 heteroatoms. The van der Waals surface area contributed by atoms with E-state index in [1.165, 1.54) is 0 Å². The lowest BCUT2D eigenvalue weighted by Gasteiger charge is -2.08. The zero-order valence-corrected chi connectivity index (χ0v) is 8.94. The van der Waals surface area contributed by atoms with Gasteiger partial charge in [0.15, 0.2) is 0 Å². The van der Waals surface area contributed by atoms with Gasteiger partial charge in [-0.05, 0) is 17.7 Å². The molecule has 0 spiro atoms. The van der Waals surface area contributed by atoms with Crippen molar-refractivity contribution in [1.29, 1.82) is 0 Å². The smallest absolute Gasteiger partial charge is 0.0419 e. The third kappa shape index (κ3) is 3.11. The van der Waals surface area contributed by atoms with Gasteiger partial charge in [-0.25, -0.2) is 0 Å². The Morgan fingerprint density at radius 3 is 2.58 bits per heavy atom. The van der Waals surface area contributed by atoms with Gasteiger partial charge in [-0.15, -0.1) is 12.4 Å². The van der Waals surface area contributed by atoms with Crippen molar-refractivity contribution in [1.82, 2.24) is 0 Å². The fraction of sp³-hybridized carbons (Fsp3) is 0.250. The Balaban J connectivity index is 0.00000121. The molecule has 0 heterocycles.